The second kappa shape index (κ2) is 5.30. The Morgan fingerprint density at radius 3 is 2.55 bits per heavy atom. The number of hydrogen-bond donors (Lipinski definition) is 1. The Labute approximate surface area is 128 Å². The van der Waals surface area contributed by atoms with Crippen LogP contribution in [0.4, 0.5) is 0 Å². The topological polar surface area (TPSA) is 58.1 Å². The Morgan fingerprint density at radius 2 is 1.82 bits per heavy atom. The smallest absolute Gasteiger partial charge is 0.326 e. The summed E-state index contributed by atoms with van der Waals surface area (Å²) in [4.78, 5) is 29.5. The third-order valence-corrected chi connectivity index (χ3v) is 5.30. The SMILES string of the molecule is O=C(Cn1c(=O)[nH]c2ccccc21)N1C[C@H]2CCCC[C@H]2C1. The minimum absolute atomic E-state index is 0.0706. The van der Waals surface area contributed by atoms with Crippen molar-refractivity contribution in [3.8, 4) is 0 Å². The number of fused-ring (bicyclic) bond motifs is 2. The molecular formula is C17H21N3O2. The molecule has 0 spiro atoms. The molecule has 5 heteroatoms. The van der Waals surface area contributed by atoms with E-state index in [4.69, 9.17) is 0 Å². The quantitative estimate of drug-likeness (QED) is 0.922. The number of aromatic amines is 1. The van der Waals surface area contributed by atoms with Crippen LogP contribution in [0, 0.1) is 11.8 Å². The number of likely N-dealkylation sites (tertiary alicyclic amines) is 1. The van der Waals surface area contributed by atoms with Gasteiger partial charge in [-0.25, -0.2) is 4.79 Å². The van der Waals surface area contributed by atoms with Crippen LogP contribution in [0.2, 0.25) is 0 Å². The molecule has 22 heavy (non-hydrogen) atoms. The second-order valence-electron chi connectivity index (χ2n) is 6.64. The van der Waals surface area contributed by atoms with Gasteiger partial charge in [0.2, 0.25) is 5.91 Å². The molecule has 5 nitrogen and oxygen atoms in total. The number of rotatable bonds is 2. The zero-order chi connectivity index (χ0) is 15.1. The lowest BCUT2D eigenvalue weighted by atomic mass is 9.82. The molecule has 1 aromatic carbocycles. The molecule has 2 aliphatic rings. The molecule has 1 N–H and O–H groups in total. The van der Waals surface area contributed by atoms with E-state index < -0.39 is 0 Å². The second-order valence-corrected chi connectivity index (χ2v) is 6.64. The first-order valence-electron chi connectivity index (χ1n) is 8.17. The highest BCUT2D eigenvalue weighted by molar-refractivity contribution is 5.80. The van der Waals surface area contributed by atoms with Crippen molar-refractivity contribution < 1.29 is 4.79 Å². The Hall–Kier alpha value is -2.04. The van der Waals surface area contributed by atoms with Gasteiger partial charge in [-0.2, -0.15) is 0 Å². The summed E-state index contributed by atoms with van der Waals surface area (Å²) >= 11 is 0. The summed E-state index contributed by atoms with van der Waals surface area (Å²) in [5, 5.41) is 0. The zero-order valence-electron chi connectivity index (χ0n) is 12.6. The molecule has 0 unspecified atom stereocenters. The van der Waals surface area contributed by atoms with Crippen molar-refractivity contribution in [3.05, 3.63) is 34.7 Å². The minimum Gasteiger partial charge on any atom is -0.341 e. The summed E-state index contributed by atoms with van der Waals surface area (Å²) in [6.45, 7) is 1.89. The number of hydrogen-bond acceptors (Lipinski definition) is 2. The van der Waals surface area contributed by atoms with E-state index in [1.165, 1.54) is 25.7 Å². The van der Waals surface area contributed by atoms with E-state index >= 15 is 0 Å². The molecule has 2 heterocycles. The van der Waals surface area contributed by atoms with Crippen LogP contribution >= 0.6 is 0 Å². The lowest BCUT2D eigenvalue weighted by Gasteiger charge is -2.22. The molecule has 1 saturated heterocycles. The number of carbonyl (C=O) groups excluding carboxylic acids is 1. The van der Waals surface area contributed by atoms with Crippen molar-refractivity contribution in [1.29, 1.82) is 0 Å². The largest absolute Gasteiger partial charge is 0.341 e. The molecule has 2 aromatic rings. The first-order valence-corrected chi connectivity index (χ1v) is 8.17. The van der Waals surface area contributed by atoms with Crippen LogP contribution in [-0.4, -0.2) is 33.4 Å². The van der Waals surface area contributed by atoms with Crippen molar-refractivity contribution >= 4 is 16.9 Å². The van der Waals surface area contributed by atoms with Gasteiger partial charge in [0, 0.05) is 13.1 Å². The van der Waals surface area contributed by atoms with Gasteiger partial charge in [0.05, 0.1) is 11.0 Å². The summed E-state index contributed by atoms with van der Waals surface area (Å²) in [5.74, 6) is 1.43. The molecular weight excluding hydrogens is 278 g/mol. The number of nitrogens with one attached hydrogen (secondary N) is 1. The molecule has 0 radical (unpaired) electrons. The highest BCUT2D eigenvalue weighted by atomic mass is 16.2. The molecule has 1 saturated carbocycles. The monoisotopic (exact) mass is 299 g/mol. The standard InChI is InChI=1S/C17H21N3O2/c21-16(19-9-12-5-1-2-6-13(12)10-19)11-20-15-8-4-3-7-14(15)18-17(20)22/h3-4,7-8,12-13H,1-2,5-6,9-11H2,(H,18,22)/t12-,13+. The molecule has 4 rings (SSSR count). The predicted octanol–water partition coefficient (Wildman–Crippen LogP) is 1.98. The van der Waals surface area contributed by atoms with Crippen LogP contribution in [-0.2, 0) is 11.3 Å². The molecule has 116 valence electrons. The maximum atomic E-state index is 12.6. The van der Waals surface area contributed by atoms with Crippen molar-refractivity contribution in [2.24, 2.45) is 11.8 Å². The van der Waals surface area contributed by atoms with Gasteiger partial charge in [-0.1, -0.05) is 25.0 Å². The van der Waals surface area contributed by atoms with E-state index in [9.17, 15) is 9.59 Å². The number of benzene rings is 1. The average Bonchev–Trinajstić information content (AvgIpc) is 3.09. The van der Waals surface area contributed by atoms with Crippen molar-refractivity contribution in [1.82, 2.24) is 14.5 Å². The number of para-hydroxylation sites is 2. The van der Waals surface area contributed by atoms with E-state index in [1.54, 1.807) is 4.57 Å². The minimum atomic E-state index is -0.203. The van der Waals surface area contributed by atoms with Gasteiger partial charge in [-0.15, -0.1) is 0 Å². The third-order valence-electron chi connectivity index (χ3n) is 5.30. The maximum Gasteiger partial charge on any atom is 0.326 e. The lowest BCUT2D eigenvalue weighted by Crippen LogP contribution is -2.34. The fourth-order valence-electron chi connectivity index (χ4n) is 4.11. The van der Waals surface area contributed by atoms with Gasteiger partial charge in [0.1, 0.15) is 6.54 Å². The van der Waals surface area contributed by atoms with Gasteiger partial charge in [-0.3, -0.25) is 9.36 Å². The molecule has 2 fully saturated rings. The highest BCUT2D eigenvalue weighted by Crippen LogP contribution is 2.36. The van der Waals surface area contributed by atoms with Gasteiger partial charge in [0.15, 0.2) is 0 Å². The molecule has 0 bridgehead atoms. The fourth-order valence-corrected chi connectivity index (χ4v) is 4.11. The van der Waals surface area contributed by atoms with Gasteiger partial charge < -0.3 is 9.88 Å². The number of aromatic nitrogens is 2. The van der Waals surface area contributed by atoms with Crippen LogP contribution in [0.25, 0.3) is 11.0 Å². The number of carbonyl (C=O) groups is 1. The Kier molecular flexibility index (Phi) is 3.28. The number of amides is 1. The lowest BCUT2D eigenvalue weighted by molar-refractivity contribution is -0.131. The van der Waals surface area contributed by atoms with Crippen LogP contribution in [0.5, 0.6) is 0 Å². The summed E-state index contributed by atoms with van der Waals surface area (Å²) in [7, 11) is 0. The van der Waals surface area contributed by atoms with Crippen molar-refractivity contribution in [3.63, 3.8) is 0 Å². The predicted molar refractivity (Wildman–Crippen MR) is 84.6 cm³/mol. The first kappa shape index (κ1) is 13.6. The number of imidazole rings is 1. The summed E-state index contributed by atoms with van der Waals surface area (Å²) < 4.78 is 1.56. The molecule has 1 aliphatic carbocycles. The van der Waals surface area contributed by atoms with Crippen LogP contribution < -0.4 is 5.69 Å². The average molecular weight is 299 g/mol. The molecule has 1 aliphatic heterocycles. The van der Waals surface area contributed by atoms with Crippen LogP contribution in [0.1, 0.15) is 25.7 Å². The van der Waals surface area contributed by atoms with Gasteiger partial charge in [-0.05, 0) is 36.8 Å². The van der Waals surface area contributed by atoms with E-state index in [0.29, 0.717) is 11.8 Å². The van der Waals surface area contributed by atoms with Crippen molar-refractivity contribution in [2.45, 2.75) is 32.2 Å². The Morgan fingerprint density at radius 1 is 1.14 bits per heavy atom. The van der Waals surface area contributed by atoms with Crippen molar-refractivity contribution in [2.75, 3.05) is 13.1 Å². The normalized spacial score (nSPS) is 24.6. The van der Waals surface area contributed by atoms with E-state index in [2.05, 4.69) is 4.98 Å². The molecule has 1 amide bonds. The molecule has 2 atom stereocenters. The Balaban J connectivity index is 1.54. The van der Waals surface area contributed by atoms with Gasteiger partial charge >= 0.3 is 5.69 Å². The maximum absolute atomic E-state index is 12.6. The van der Waals surface area contributed by atoms with E-state index in [0.717, 1.165) is 24.1 Å². The number of H-pyrrole nitrogens is 1. The summed E-state index contributed by atoms with van der Waals surface area (Å²) in [6, 6.07) is 7.52. The van der Waals surface area contributed by atoms with Crippen LogP contribution in [0.15, 0.2) is 29.1 Å². The Bertz CT molecular complexity index is 747. The number of nitrogens with zero attached hydrogens (tertiary/aromatic N) is 2. The van der Waals surface area contributed by atoms with Gasteiger partial charge in [0.25, 0.3) is 0 Å². The zero-order valence-corrected chi connectivity index (χ0v) is 12.6. The first-order chi connectivity index (χ1) is 10.7. The summed E-state index contributed by atoms with van der Waals surface area (Å²) in [6.07, 6.45) is 5.10. The summed E-state index contributed by atoms with van der Waals surface area (Å²) in [5.41, 5.74) is 1.39. The highest BCUT2D eigenvalue weighted by Gasteiger charge is 2.36. The fraction of sp³-hybridized carbons (Fsp3) is 0.529. The third kappa shape index (κ3) is 2.25. The molecule has 1 aromatic heterocycles. The van der Waals surface area contributed by atoms with E-state index in [-0.39, 0.29) is 18.1 Å². The van der Waals surface area contributed by atoms with Crippen LogP contribution in [0.3, 0.4) is 0 Å². The van der Waals surface area contributed by atoms with E-state index in [1.807, 2.05) is 29.2 Å².